The van der Waals surface area contributed by atoms with Gasteiger partial charge in [0.1, 0.15) is 5.82 Å². The number of ether oxygens (including phenoxy) is 2. The molecule has 6 nitrogen and oxygen atoms in total. The molecule has 1 aromatic heterocycles. The number of hydrogen-bond donors (Lipinski definition) is 1. The lowest BCUT2D eigenvalue weighted by Gasteiger charge is -2.14. The molecule has 1 N–H and O–H groups in total. The van der Waals surface area contributed by atoms with Crippen LogP contribution in [-0.2, 0) is 6.42 Å². The van der Waals surface area contributed by atoms with Crippen molar-refractivity contribution >= 4 is 21.8 Å². The van der Waals surface area contributed by atoms with E-state index in [0.29, 0.717) is 35.7 Å². The van der Waals surface area contributed by atoms with Crippen LogP contribution in [0.5, 0.6) is 11.5 Å². The number of carbonyl (C=O) groups is 1. The Bertz CT molecular complexity index is 1060. The van der Waals surface area contributed by atoms with Crippen LogP contribution in [0.15, 0.2) is 47.1 Å². The Morgan fingerprint density at radius 3 is 2.42 bits per heavy atom. The number of halogens is 2. The summed E-state index contributed by atoms with van der Waals surface area (Å²) >= 11 is 3.54. The molecule has 0 bridgehead atoms. The van der Waals surface area contributed by atoms with Gasteiger partial charge in [0, 0.05) is 11.0 Å². The maximum atomic E-state index is 13.3. The van der Waals surface area contributed by atoms with Crippen molar-refractivity contribution in [3.63, 3.8) is 0 Å². The first-order chi connectivity index (χ1) is 14.8. The Morgan fingerprint density at radius 1 is 1.16 bits per heavy atom. The van der Waals surface area contributed by atoms with Crippen molar-refractivity contribution in [3.05, 3.63) is 69.7 Å². The fraction of sp³-hybridized carbons (Fsp3) is 0.304. The zero-order valence-electron chi connectivity index (χ0n) is 17.9. The Balaban J connectivity index is 1.75. The molecule has 3 aromatic rings. The molecule has 0 aliphatic rings. The zero-order chi connectivity index (χ0) is 22.5. The molecule has 0 aliphatic carbocycles. The minimum Gasteiger partial charge on any atom is -0.493 e. The average Bonchev–Trinajstić information content (AvgIpc) is 3.20. The van der Waals surface area contributed by atoms with E-state index >= 15 is 0 Å². The highest BCUT2D eigenvalue weighted by Gasteiger charge is 2.21. The summed E-state index contributed by atoms with van der Waals surface area (Å²) in [7, 11) is 3.17. The largest absolute Gasteiger partial charge is 0.493 e. The molecule has 1 heterocycles. The molecule has 164 valence electrons. The van der Waals surface area contributed by atoms with Gasteiger partial charge in [-0.15, -0.1) is 0 Å². The molecule has 2 aromatic carbocycles. The summed E-state index contributed by atoms with van der Waals surface area (Å²) in [4.78, 5) is 12.9. The van der Waals surface area contributed by atoms with E-state index in [1.165, 1.54) is 12.1 Å². The van der Waals surface area contributed by atoms with E-state index in [9.17, 15) is 9.18 Å². The Kier molecular flexibility index (Phi) is 7.33. The predicted molar refractivity (Wildman–Crippen MR) is 121 cm³/mol. The topological polar surface area (TPSA) is 65.4 Å². The summed E-state index contributed by atoms with van der Waals surface area (Å²) in [6.45, 7) is 4.43. The number of hydrogen-bond acceptors (Lipinski definition) is 4. The quantitative estimate of drug-likeness (QED) is 0.489. The second-order valence-corrected chi connectivity index (χ2v) is 8.15. The van der Waals surface area contributed by atoms with Gasteiger partial charge in [-0.3, -0.25) is 4.79 Å². The van der Waals surface area contributed by atoms with Crippen LogP contribution >= 0.6 is 15.9 Å². The number of nitrogens with zero attached hydrogens (tertiary/aromatic N) is 2. The summed E-state index contributed by atoms with van der Waals surface area (Å²) in [5.41, 5.74) is 2.98. The SMILES string of the molecule is COc1cc(Br)c(CCNC(=O)c2cnn(-c3ccc(F)cc3)c2C(C)C)cc1OC. The number of methoxy groups -OCH3 is 2. The van der Waals surface area contributed by atoms with E-state index in [4.69, 9.17) is 9.47 Å². The number of nitrogens with one attached hydrogen (secondary N) is 1. The zero-order valence-corrected chi connectivity index (χ0v) is 19.5. The molecule has 0 aliphatic heterocycles. The molecule has 3 rings (SSSR count). The van der Waals surface area contributed by atoms with Crippen molar-refractivity contribution in [1.29, 1.82) is 0 Å². The molecule has 0 spiro atoms. The minimum absolute atomic E-state index is 0.0493. The Labute approximate surface area is 189 Å². The predicted octanol–water partition coefficient (Wildman–Crippen LogP) is 4.89. The molecule has 0 atom stereocenters. The van der Waals surface area contributed by atoms with Crippen LogP contribution in [0.4, 0.5) is 4.39 Å². The van der Waals surface area contributed by atoms with Crippen LogP contribution in [0.3, 0.4) is 0 Å². The Hall–Kier alpha value is -2.87. The smallest absolute Gasteiger partial charge is 0.254 e. The number of carbonyl (C=O) groups excluding carboxylic acids is 1. The Morgan fingerprint density at radius 2 is 1.81 bits per heavy atom. The first-order valence-corrected chi connectivity index (χ1v) is 10.7. The maximum absolute atomic E-state index is 13.3. The summed E-state index contributed by atoms with van der Waals surface area (Å²) in [6.07, 6.45) is 2.16. The molecule has 1 amide bonds. The van der Waals surface area contributed by atoms with Gasteiger partial charge in [0.25, 0.3) is 5.91 Å². The van der Waals surface area contributed by atoms with Gasteiger partial charge < -0.3 is 14.8 Å². The minimum atomic E-state index is -0.318. The summed E-state index contributed by atoms with van der Waals surface area (Å²) < 4.78 is 26.5. The number of amides is 1. The third-order valence-corrected chi connectivity index (χ3v) is 5.64. The van der Waals surface area contributed by atoms with Crippen molar-refractivity contribution < 1.29 is 18.7 Å². The van der Waals surface area contributed by atoms with Gasteiger partial charge in [-0.25, -0.2) is 9.07 Å². The highest BCUT2D eigenvalue weighted by molar-refractivity contribution is 9.10. The van der Waals surface area contributed by atoms with Crippen LogP contribution in [0, 0.1) is 5.82 Å². The first kappa shape index (κ1) is 22.8. The van der Waals surface area contributed by atoms with E-state index in [0.717, 1.165) is 15.7 Å². The molecule has 31 heavy (non-hydrogen) atoms. The van der Waals surface area contributed by atoms with Gasteiger partial charge in [-0.2, -0.15) is 5.10 Å². The number of rotatable bonds is 8. The highest BCUT2D eigenvalue weighted by Crippen LogP contribution is 2.33. The van der Waals surface area contributed by atoms with Gasteiger partial charge in [0.05, 0.1) is 37.4 Å². The maximum Gasteiger partial charge on any atom is 0.254 e. The first-order valence-electron chi connectivity index (χ1n) is 9.88. The highest BCUT2D eigenvalue weighted by atomic mass is 79.9. The van der Waals surface area contributed by atoms with E-state index in [2.05, 4.69) is 26.3 Å². The van der Waals surface area contributed by atoms with E-state index < -0.39 is 0 Å². The van der Waals surface area contributed by atoms with Crippen LogP contribution < -0.4 is 14.8 Å². The fourth-order valence-electron chi connectivity index (χ4n) is 3.37. The summed E-state index contributed by atoms with van der Waals surface area (Å²) in [5, 5.41) is 7.34. The van der Waals surface area contributed by atoms with Gasteiger partial charge in [-0.05, 0) is 54.3 Å². The van der Waals surface area contributed by atoms with E-state index in [-0.39, 0.29) is 17.6 Å². The van der Waals surface area contributed by atoms with Crippen molar-refractivity contribution in [1.82, 2.24) is 15.1 Å². The van der Waals surface area contributed by atoms with Gasteiger partial charge in [0.15, 0.2) is 11.5 Å². The summed E-state index contributed by atoms with van der Waals surface area (Å²) in [6, 6.07) is 9.78. The van der Waals surface area contributed by atoms with Gasteiger partial charge in [-0.1, -0.05) is 29.8 Å². The fourth-order valence-corrected chi connectivity index (χ4v) is 3.89. The molecule has 8 heteroatoms. The summed E-state index contributed by atoms with van der Waals surface area (Å²) in [5.74, 6) is 0.801. The van der Waals surface area contributed by atoms with Crippen LogP contribution in [0.25, 0.3) is 5.69 Å². The lowest BCUT2D eigenvalue weighted by Crippen LogP contribution is -2.27. The van der Waals surface area contributed by atoms with Crippen molar-refractivity contribution in [2.45, 2.75) is 26.2 Å². The third-order valence-electron chi connectivity index (χ3n) is 4.90. The van der Waals surface area contributed by atoms with Crippen molar-refractivity contribution in [2.75, 3.05) is 20.8 Å². The molecule has 0 unspecified atom stereocenters. The average molecular weight is 490 g/mol. The lowest BCUT2D eigenvalue weighted by molar-refractivity contribution is 0.0952. The monoisotopic (exact) mass is 489 g/mol. The third kappa shape index (κ3) is 5.07. The molecule has 0 fully saturated rings. The van der Waals surface area contributed by atoms with Crippen LogP contribution in [0.2, 0.25) is 0 Å². The molecule has 0 radical (unpaired) electrons. The molecular weight excluding hydrogens is 465 g/mol. The number of aromatic nitrogens is 2. The van der Waals surface area contributed by atoms with Crippen LogP contribution in [-0.4, -0.2) is 36.5 Å². The van der Waals surface area contributed by atoms with Crippen LogP contribution in [0.1, 0.15) is 41.4 Å². The van der Waals surface area contributed by atoms with Gasteiger partial charge >= 0.3 is 0 Å². The normalized spacial score (nSPS) is 10.9. The molecule has 0 saturated carbocycles. The second kappa shape index (κ2) is 9.96. The van der Waals surface area contributed by atoms with E-state index in [1.54, 1.807) is 37.2 Å². The van der Waals surface area contributed by atoms with E-state index in [1.807, 2.05) is 26.0 Å². The molecule has 0 saturated heterocycles. The second-order valence-electron chi connectivity index (χ2n) is 7.29. The van der Waals surface area contributed by atoms with Gasteiger partial charge in [0.2, 0.25) is 0 Å². The number of benzene rings is 2. The lowest BCUT2D eigenvalue weighted by atomic mass is 10.0. The van der Waals surface area contributed by atoms with Crippen molar-refractivity contribution in [3.8, 4) is 17.2 Å². The van der Waals surface area contributed by atoms with Crippen molar-refractivity contribution in [2.24, 2.45) is 0 Å². The standard InChI is InChI=1S/C23H25BrFN3O3/c1-14(2)22-18(13-27-28(22)17-7-5-16(25)6-8-17)23(29)26-10-9-15-11-20(30-3)21(31-4)12-19(15)24/h5-8,11-14H,9-10H2,1-4H3,(H,26,29). The molecular formula is C23H25BrFN3O3.